The van der Waals surface area contributed by atoms with Crippen molar-refractivity contribution in [2.75, 3.05) is 32.7 Å². The highest BCUT2D eigenvalue weighted by atomic mass is 15.1. The van der Waals surface area contributed by atoms with Gasteiger partial charge in [-0.1, -0.05) is 27.2 Å². The highest BCUT2D eigenvalue weighted by Crippen LogP contribution is 1.93. The van der Waals surface area contributed by atoms with Gasteiger partial charge in [-0.3, -0.25) is 0 Å². The number of unbranched alkanes of at least 4 members (excludes halogenated alkanes) is 1. The van der Waals surface area contributed by atoms with E-state index < -0.39 is 0 Å². The van der Waals surface area contributed by atoms with Gasteiger partial charge < -0.3 is 10.2 Å². The van der Waals surface area contributed by atoms with Crippen LogP contribution in [0.5, 0.6) is 0 Å². The van der Waals surface area contributed by atoms with Crippen molar-refractivity contribution in [3.63, 3.8) is 0 Å². The topological polar surface area (TPSA) is 15.3 Å². The minimum atomic E-state index is 1.09. The molecule has 0 unspecified atom stereocenters. The van der Waals surface area contributed by atoms with Crippen molar-refractivity contribution in [1.82, 2.24) is 10.2 Å². The summed E-state index contributed by atoms with van der Waals surface area (Å²) in [4.78, 5) is 2.51. The van der Waals surface area contributed by atoms with E-state index in [2.05, 4.69) is 31.0 Å². The Balaban J connectivity index is 3.26. The van der Waals surface area contributed by atoms with Gasteiger partial charge in [0.15, 0.2) is 0 Å². The van der Waals surface area contributed by atoms with Gasteiger partial charge in [-0.2, -0.15) is 0 Å². The molecule has 12 heavy (non-hydrogen) atoms. The number of nitrogens with zero attached hydrogens (tertiary/aromatic N) is 1. The smallest absolute Gasteiger partial charge is 0.0107 e. The summed E-state index contributed by atoms with van der Waals surface area (Å²) in [5, 5.41) is 3.35. The first kappa shape index (κ1) is 11.9. The second-order valence-electron chi connectivity index (χ2n) is 3.14. The van der Waals surface area contributed by atoms with E-state index in [9.17, 15) is 0 Å². The summed E-state index contributed by atoms with van der Waals surface area (Å²) in [7, 11) is 0. The molecule has 0 fully saturated rings. The maximum Gasteiger partial charge on any atom is 0.0107 e. The zero-order chi connectivity index (χ0) is 9.23. The summed E-state index contributed by atoms with van der Waals surface area (Å²) in [5.41, 5.74) is 0. The average molecular weight is 172 g/mol. The van der Waals surface area contributed by atoms with E-state index in [1.165, 1.54) is 32.5 Å². The van der Waals surface area contributed by atoms with Crippen LogP contribution in [0, 0.1) is 0 Å². The first-order valence-electron chi connectivity index (χ1n) is 5.28. The number of nitrogens with one attached hydrogen (secondary N) is 1. The molecule has 0 spiro atoms. The predicted octanol–water partition coefficient (Wildman–Crippen LogP) is 1.72. The lowest BCUT2D eigenvalue weighted by atomic mass is 10.3. The van der Waals surface area contributed by atoms with Crippen molar-refractivity contribution in [3.05, 3.63) is 0 Å². The number of hydrogen-bond donors (Lipinski definition) is 1. The quantitative estimate of drug-likeness (QED) is 0.561. The Morgan fingerprint density at radius 2 is 1.83 bits per heavy atom. The van der Waals surface area contributed by atoms with Crippen molar-refractivity contribution in [3.8, 4) is 0 Å². The summed E-state index contributed by atoms with van der Waals surface area (Å²) in [6.45, 7) is 12.5. The molecule has 74 valence electrons. The lowest BCUT2D eigenvalue weighted by Crippen LogP contribution is -2.32. The van der Waals surface area contributed by atoms with Crippen LogP contribution in [0.4, 0.5) is 0 Å². The number of likely N-dealkylation sites (N-methyl/N-ethyl adjacent to an activating group) is 2. The fraction of sp³-hybridized carbons (Fsp3) is 1.00. The van der Waals surface area contributed by atoms with Crippen LogP contribution in [-0.4, -0.2) is 37.6 Å². The standard InChI is InChI=1S/C10H24N2/c1-4-7-9-12(6-3)10-8-11-5-2/h11H,4-10H2,1-3H3. The monoisotopic (exact) mass is 172 g/mol. The van der Waals surface area contributed by atoms with Gasteiger partial charge in [0.05, 0.1) is 0 Å². The van der Waals surface area contributed by atoms with E-state index in [0.717, 1.165) is 13.1 Å². The molecule has 0 aromatic rings. The molecule has 0 atom stereocenters. The molecule has 2 nitrogen and oxygen atoms in total. The van der Waals surface area contributed by atoms with Gasteiger partial charge in [0.1, 0.15) is 0 Å². The highest BCUT2D eigenvalue weighted by molar-refractivity contribution is 4.56. The molecule has 0 saturated carbocycles. The SMILES string of the molecule is CCCCN(CC)CCNCC. The molecule has 0 radical (unpaired) electrons. The molecule has 0 aromatic carbocycles. The van der Waals surface area contributed by atoms with E-state index in [1.807, 2.05) is 0 Å². The third-order valence-corrected chi connectivity index (χ3v) is 2.13. The second kappa shape index (κ2) is 9.01. The summed E-state index contributed by atoms with van der Waals surface area (Å²) in [6, 6.07) is 0. The molecule has 0 aliphatic carbocycles. The van der Waals surface area contributed by atoms with E-state index in [-0.39, 0.29) is 0 Å². The Morgan fingerprint density at radius 3 is 2.33 bits per heavy atom. The fourth-order valence-corrected chi connectivity index (χ4v) is 1.22. The van der Waals surface area contributed by atoms with Gasteiger partial charge in [-0.05, 0) is 26.1 Å². The van der Waals surface area contributed by atoms with E-state index in [1.54, 1.807) is 0 Å². The van der Waals surface area contributed by atoms with E-state index in [0.29, 0.717) is 0 Å². The summed E-state index contributed by atoms with van der Waals surface area (Å²) in [6.07, 6.45) is 2.64. The molecule has 0 bridgehead atoms. The number of rotatable bonds is 8. The van der Waals surface area contributed by atoms with Crippen molar-refractivity contribution >= 4 is 0 Å². The van der Waals surface area contributed by atoms with Gasteiger partial charge in [0, 0.05) is 13.1 Å². The minimum absolute atomic E-state index is 1.09. The molecular weight excluding hydrogens is 148 g/mol. The summed E-state index contributed by atoms with van der Waals surface area (Å²) < 4.78 is 0. The Bertz CT molecular complexity index is 83.9. The molecule has 0 aromatic heterocycles. The number of hydrogen-bond acceptors (Lipinski definition) is 2. The third kappa shape index (κ3) is 6.62. The largest absolute Gasteiger partial charge is 0.316 e. The molecule has 0 rings (SSSR count). The van der Waals surface area contributed by atoms with E-state index >= 15 is 0 Å². The fourth-order valence-electron chi connectivity index (χ4n) is 1.22. The Morgan fingerprint density at radius 1 is 1.08 bits per heavy atom. The maximum absolute atomic E-state index is 3.35. The van der Waals surface area contributed by atoms with E-state index in [4.69, 9.17) is 0 Å². The first-order chi connectivity index (χ1) is 5.85. The van der Waals surface area contributed by atoms with Gasteiger partial charge in [0.2, 0.25) is 0 Å². The molecule has 0 aliphatic rings. The third-order valence-electron chi connectivity index (χ3n) is 2.13. The highest BCUT2D eigenvalue weighted by Gasteiger charge is 1.99. The zero-order valence-electron chi connectivity index (χ0n) is 8.90. The molecule has 2 heteroatoms. The molecular formula is C10H24N2. The first-order valence-corrected chi connectivity index (χ1v) is 5.28. The lowest BCUT2D eigenvalue weighted by Gasteiger charge is -2.19. The van der Waals surface area contributed by atoms with Crippen molar-refractivity contribution in [2.45, 2.75) is 33.6 Å². The van der Waals surface area contributed by atoms with Gasteiger partial charge in [0.25, 0.3) is 0 Å². The van der Waals surface area contributed by atoms with Crippen LogP contribution in [0.15, 0.2) is 0 Å². The normalized spacial score (nSPS) is 11.0. The van der Waals surface area contributed by atoms with Crippen LogP contribution >= 0.6 is 0 Å². The van der Waals surface area contributed by atoms with Crippen molar-refractivity contribution in [2.24, 2.45) is 0 Å². The van der Waals surface area contributed by atoms with Crippen LogP contribution in [0.25, 0.3) is 0 Å². The van der Waals surface area contributed by atoms with Crippen LogP contribution in [0.1, 0.15) is 33.6 Å². The van der Waals surface area contributed by atoms with Crippen molar-refractivity contribution in [1.29, 1.82) is 0 Å². The average Bonchev–Trinajstić information content (AvgIpc) is 2.11. The van der Waals surface area contributed by atoms with Gasteiger partial charge >= 0.3 is 0 Å². The molecule has 0 heterocycles. The Kier molecular flexibility index (Phi) is 8.95. The van der Waals surface area contributed by atoms with Gasteiger partial charge in [-0.15, -0.1) is 0 Å². The molecule has 0 aliphatic heterocycles. The summed E-state index contributed by atoms with van der Waals surface area (Å²) in [5.74, 6) is 0. The molecule has 0 saturated heterocycles. The zero-order valence-corrected chi connectivity index (χ0v) is 8.90. The second-order valence-corrected chi connectivity index (χ2v) is 3.14. The van der Waals surface area contributed by atoms with Crippen molar-refractivity contribution < 1.29 is 0 Å². The Labute approximate surface area is 77.3 Å². The predicted molar refractivity (Wildman–Crippen MR) is 55.6 cm³/mol. The van der Waals surface area contributed by atoms with Crippen LogP contribution in [-0.2, 0) is 0 Å². The minimum Gasteiger partial charge on any atom is -0.316 e. The lowest BCUT2D eigenvalue weighted by molar-refractivity contribution is 0.283. The molecule has 0 amide bonds. The maximum atomic E-state index is 3.35. The van der Waals surface area contributed by atoms with Crippen LogP contribution in [0.2, 0.25) is 0 Å². The van der Waals surface area contributed by atoms with Gasteiger partial charge in [-0.25, -0.2) is 0 Å². The summed E-state index contributed by atoms with van der Waals surface area (Å²) >= 11 is 0. The molecule has 1 N–H and O–H groups in total. The Hall–Kier alpha value is -0.0800. The van der Waals surface area contributed by atoms with Crippen LogP contribution in [0.3, 0.4) is 0 Å². The van der Waals surface area contributed by atoms with Crippen LogP contribution < -0.4 is 5.32 Å².